The van der Waals surface area contributed by atoms with Crippen LogP contribution in [0.2, 0.25) is 0 Å². The maximum absolute atomic E-state index is 12.5. The molecule has 0 unspecified atom stereocenters. The molecule has 0 bridgehead atoms. The molecule has 0 radical (unpaired) electrons. The van der Waals surface area contributed by atoms with Gasteiger partial charge in [-0.3, -0.25) is 9.78 Å². The zero-order chi connectivity index (χ0) is 15.1. The zero-order valence-electron chi connectivity index (χ0n) is 11.1. The average Bonchev–Trinajstić information content (AvgIpc) is 2.37. The Hall–Kier alpha value is -2.18. The monoisotopic (exact) mass is 283 g/mol. The SMILES string of the molecule is Cc1cnc2ccc(N(C)C(=O)C(F)(F)F)c(C)c2n1. The number of aryl methyl sites for hydroxylation is 2. The number of alkyl halides is 3. The summed E-state index contributed by atoms with van der Waals surface area (Å²) in [6, 6.07) is 2.98. The Balaban J connectivity index is 2.56. The number of rotatable bonds is 1. The minimum Gasteiger partial charge on any atom is -0.307 e. The highest BCUT2D eigenvalue weighted by Crippen LogP contribution is 2.28. The Morgan fingerprint density at radius 2 is 1.90 bits per heavy atom. The first kappa shape index (κ1) is 14.2. The van der Waals surface area contributed by atoms with Crippen LogP contribution in [0.15, 0.2) is 18.3 Å². The van der Waals surface area contributed by atoms with Crippen molar-refractivity contribution in [1.29, 1.82) is 0 Å². The smallest absolute Gasteiger partial charge is 0.307 e. The van der Waals surface area contributed by atoms with E-state index in [1.54, 1.807) is 26.1 Å². The van der Waals surface area contributed by atoms with Gasteiger partial charge in [-0.1, -0.05) is 0 Å². The average molecular weight is 283 g/mol. The number of nitrogens with zero attached hydrogens (tertiary/aromatic N) is 3. The van der Waals surface area contributed by atoms with Gasteiger partial charge in [-0.2, -0.15) is 13.2 Å². The minimum absolute atomic E-state index is 0.166. The quantitative estimate of drug-likeness (QED) is 0.808. The van der Waals surface area contributed by atoms with Crippen LogP contribution in [-0.4, -0.2) is 29.1 Å². The van der Waals surface area contributed by atoms with E-state index in [2.05, 4.69) is 9.97 Å². The van der Waals surface area contributed by atoms with E-state index in [1.807, 2.05) is 0 Å². The number of anilines is 1. The summed E-state index contributed by atoms with van der Waals surface area (Å²) in [4.78, 5) is 20.3. The van der Waals surface area contributed by atoms with Gasteiger partial charge in [0.2, 0.25) is 0 Å². The predicted octanol–water partition coefficient (Wildman–Crippen LogP) is 2.77. The highest BCUT2D eigenvalue weighted by atomic mass is 19.4. The number of aromatic nitrogens is 2. The van der Waals surface area contributed by atoms with Crippen LogP contribution in [0.3, 0.4) is 0 Å². The minimum atomic E-state index is -4.91. The number of carbonyl (C=O) groups is 1. The van der Waals surface area contributed by atoms with Crippen molar-refractivity contribution in [3.63, 3.8) is 0 Å². The molecule has 0 atom stereocenters. The van der Waals surface area contributed by atoms with Crippen molar-refractivity contribution in [1.82, 2.24) is 9.97 Å². The second-order valence-corrected chi connectivity index (χ2v) is 4.45. The lowest BCUT2D eigenvalue weighted by molar-refractivity contribution is -0.170. The molecule has 0 fully saturated rings. The lowest BCUT2D eigenvalue weighted by Crippen LogP contribution is -2.38. The summed E-state index contributed by atoms with van der Waals surface area (Å²) < 4.78 is 37.4. The molecule has 1 aromatic heterocycles. The van der Waals surface area contributed by atoms with Gasteiger partial charge in [0.1, 0.15) is 0 Å². The molecule has 0 aliphatic rings. The van der Waals surface area contributed by atoms with Gasteiger partial charge in [-0.25, -0.2) is 4.98 Å². The highest BCUT2D eigenvalue weighted by Gasteiger charge is 2.42. The first-order valence-corrected chi connectivity index (χ1v) is 5.79. The van der Waals surface area contributed by atoms with Gasteiger partial charge in [-0.05, 0) is 26.0 Å². The third-order valence-electron chi connectivity index (χ3n) is 2.97. The van der Waals surface area contributed by atoms with E-state index in [4.69, 9.17) is 0 Å². The van der Waals surface area contributed by atoms with E-state index in [0.29, 0.717) is 27.2 Å². The Kier molecular flexibility index (Phi) is 3.37. The normalized spacial score (nSPS) is 11.7. The van der Waals surface area contributed by atoms with Crippen LogP contribution in [0.1, 0.15) is 11.3 Å². The maximum atomic E-state index is 12.5. The van der Waals surface area contributed by atoms with E-state index in [0.717, 1.165) is 7.05 Å². The predicted molar refractivity (Wildman–Crippen MR) is 68.5 cm³/mol. The molecule has 1 aromatic carbocycles. The molecule has 2 rings (SSSR count). The first-order chi connectivity index (χ1) is 9.21. The molecule has 0 spiro atoms. The van der Waals surface area contributed by atoms with Gasteiger partial charge in [-0.15, -0.1) is 0 Å². The van der Waals surface area contributed by atoms with Crippen LogP contribution in [0, 0.1) is 13.8 Å². The molecule has 7 heteroatoms. The fraction of sp³-hybridized carbons (Fsp3) is 0.308. The number of amides is 1. The second kappa shape index (κ2) is 4.73. The van der Waals surface area contributed by atoms with Crippen molar-refractivity contribution in [2.45, 2.75) is 20.0 Å². The number of carbonyl (C=O) groups excluding carboxylic acids is 1. The number of benzene rings is 1. The number of hydrogen-bond acceptors (Lipinski definition) is 3. The van der Waals surface area contributed by atoms with Crippen molar-refractivity contribution in [3.8, 4) is 0 Å². The van der Waals surface area contributed by atoms with Crippen molar-refractivity contribution < 1.29 is 18.0 Å². The van der Waals surface area contributed by atoms with E-state index >= 15 is 0 Å². The van der Waals surface area contributed by atoms with Crippen LogP contribution >= 0.6 is 0 Å². The molecule has 0 N–H and O–H groups in total. The van der Waals surface area contributed by atoms with Crippen molar-refractivity contribution in [2.24, 2.45) is 0 Å². The van der Waals surface area contributed by atoms with Gasteiger partial charge >= 0.3 is 12.1 Å². The third-order valence-corrected chi connectivity index (χ3v) is 2.97. The van der Waals surface area contributed by atoms with Gasteiger partial charge in [0.25, 0.3) is 0 Å². The van der Waals surface area contributed by atoms with E-state index < -0.39 is 12.1 Å². The van der Waals surface area contributed by atoms with E-state index in [1.165, 1.54) is 6.07 Å². The molecule has 0 saturated carbocycles. The Labute approximate surface area is 113 Å². The molecule has 0 aliphatic carbocycles. The Bertz CT molecular complexity index is 682. The zero-order valence-corrected chi connectivity index (χ0v) is 11.1. The van der Waals surface area contributed by atoms with Crippen LogP contribution in [-0.2, 0) is 4.79 Å². The van der Waals surface area contributed by atoms with Crippen molar-refractivity contribution in [3.05, 3.63) is 29.6 Å². The molecule has 106 valence electrons. The van der Waals surface area contributed by atoms with Gasteiger partial charge in [0, 0.05) is 24.5 Å². The summed E-state index contributed by atoms with van der Waals surface area (Å²) >= 11 is 0. The Morgan fingerprint density at radius 1 is 1.25 bits per heavy atom. The van der Waals surface area contributed by atoms with Crippen LogP contribution in [0.4, 0.5) is 18.9 Å². The first-order valence-electron chi connectivity index (χ1n) is 5.79. The number of halogens is 3. The Morgan fingerprint density at radius 3 is 2.50 bits per heavy atom. The molecular formula is C13H12F3N3O. The van der Waals surface area contributed by atoms with Crippen molar-refractivity contribution in [2.75, 3.05) is 11.9 Å². The number of fused-ring (bicyclic) bond motifs is 1. The van der Waals surface area contributed by atoms with Crippen LogP contribution in [0.25, 0.3) is 11.0 Å². The number of hydrogen-bond donors (Lipinski definition) is 0. The largest absolute Gasteiger partial charge is 0.471 e. The van der Waals surface area contributed by atoms with Gasteiger partial charge in [0.15, 0.2) is 0 Å². The fourth-order valence-corrected chi connectivity index (χ4v) is 1.95. The molecule has 20 heavy (non-hydrogen) atoms. The lowest BCUT2D eigenvalue weighted by Gasteiger charge is -2.21. The highest BCUT2D eigenvalue weighted by molar-refractivity contribution is 5.99. The summed E-state index contributed by atoms with van der Waals surface area (Å²) in [5, 5.41) is 0. The standard InChI is InChI=1S/C13H12F3N3O/c1-7-6-17-9-4-5-10(8(2)11(9)18-7)19(3)12(20)13(14,15)16/h4-6H,1-3H3. The van der Waals surface area contributed by atoms with Gasteiger partial charge in [0.05, 0.1) is 16.7 Å². The molecule has 0 saturated heterocycles. The van der Waals surface area contributed by atoms with Gasteiger partial charge < -0.3 is 4.90 Å². The molecule has 1 heterocycles. The van der Waals surface area contributed by atoms with E-state index in [9.17, 15) is 18.0 Å². The summed E-state index contributed by atoms with van der Waals surface area (Å²) in [7, 11) is 1.09. The summed E-state index contributed by atoms with van der Waals surface area (Å²) in [5.41, 5.74) is 2.37. The van der Waals surface area contributed by atoms with Crippen LogP contribution < -0.4 is 4.90 Å². The summed E-state index contributed by atoms with van der Waals surface area (Å²) in [6.45, 7) is 3.36. The van der Waals surface area contributed by atoms with Crippen LogP contribution in [0.5, 0.6) is 0 Å². The summed E-state index contributed by atoms with van der Waals surface area (Å²) in [6.07, 6.45) is -3.33. The lowest BCUT2D eigenvalue weighted by atomic mass is 10.1. The second-order valence-electron chi connectivity index (χ2n) is 4.45. The molecule has 2 aromatic rings. The summed E-state index contributed by atoms with van der Waals surface area (Å²) in [5.74, 6) is -1.92. The molecule has 4 nitrogen and oxygen atoms in total. The molecule has 1 amide bonds. The molecular weight excluding hydrogens is 271 g/mol. The topological polar surface area (TPSA) is 46.1 Å². The van der Waals surface area contributed by atoms with E-state index in [-0.39, 0.29) is 5.69 Å². The fourth-order valence-electron chi connectivity index (χ4n) is 1.95. The third kappa shape index (κ3) is 2.43. The van der Waals surface area contributed by atoms with Crippen molar-refractivity contribution >= 4 is 22.6 Å². The maximum Gasteiger partial charge on any atom is 0.471 e. The molecule has 0 aliphatic heterocycles.